The molecule has 1 aromatic rings. The SMILES string of the molecule is COC(=O)CC[C@@H](NS(=O)(=O)c1cccnc1)C(=O)O. The second-order valence-electron chi connectivity index (χ2n) is 3.82. The van der Waals surface area contributed by atoms with E-state index < -0.39 is 28.0 Å². The summed E-state index contributed by atoms with van der Waals surface area (Å²) in [5, 5.41) is 8.97. The van der Waals surface area contributed by atoms with Crippen LogP contribution in [0.2, 0.25) is 0 Å². The van der Waals surface area contributed by atoms with Gasteiger partial charge in [-0.25, -0.2) is 8.42 Å². The van der Waals surface area contributed by atoms with E-state index in [1.807, 2.05) is 4.72 Å². The van der Waals surface area contributed by atoms with Crippen LogP contribution in [0.1, 0.15) is 12.8 Å². The van der Waals surface area contributed by atoms with E-state index in [2.05, 4.69) is 9.72 Å². The summed E-state index contributed by atoms with van der Waals surface area (Å²) < 4.78 is 30.3. The minimum absolute atomic E-state index is 0.149. The number of carboxylic acids is 1. The molecule has 0 spiro atoms. The Kier molecular flexibility index (Phi) is 5.59. The number of hydrogen-bond acceptors (Lipinski definition) is 6. The molecule has 0 fully saturated rings. The predicted octanol–water partition coefficient (Wildman–Crippen LogP) is -0.234. The van der Waals surface area contributed by atoms with Crippen molar-refractivity contribution in [3.8, 4) is 0 Å². The number of nitrogens with zero attached hydrogens (tertiary/aromatic N) is 1. The maximum atomic E-state index is 11.9. The van der Waals surface area contributed by atoms with Crippen LogP contribution in [0, 0.1) is 0 Å². The molecule has 8 nitrogen and oxygen atoms in total. The molecule has 110 valence electrons. The number of nitrogens with one attached hydrogen (secondary N) is 1. The summed E-state index contributed by atoms with van der Waals surface area (Å²) in [4.78, 5) is 25.5. The molecule has 20 heavy (non-hydrogen) atoms. The van der Waals surface area contributed by atoms with Gasteiger partial charge in [-0.2, -0.15) is 4.72 Å². The van der Waals surface area contributed by atoms with Crippen molar-refractivity contribution in [3.63, 3.8) is 0 Å². The Balaban J connectivity index is 2.80. The lowest BCUT2D eigenvalue weighted by molar-refractivity contribution is -0.142. The number of esters is 1. The highest BCUT2D eigenvalue weighted by atomic mass is 32.2. The van der Waals surface area contributed by atoms with E-state index in [9.17, 15) is 18.0 Å². The minimum Gasteiger partial charge on any atom is -0.480 e. The zero-order valence-corrected chi connectivity index (χ0v) is 11.5. The summed E-state index contributed by atoms with van der Waals surface area (Å²) in [6.45, 7) is 0. The number of rotatable bonds is 7. The Hall–Kier alpha value is -2.00. The lowest BCUT2D eigenvalue weighted by Gasteiger charge is -2.14. The molecule has 0 aliphatic carbocycles. The first-order chi connectivity index (χ1) is 9.36. The van der Waals surface area contributed by atoms with Gasteiger partial charge in [-0.3, -0.25) is 14.6 Å². The fraction of sp³-hybridized carbons (Fsp3) is 0.364. The van der Waals surface area contributed by atoms with E-state index in [1.165, 1.54) is 18.3 Å². The molecule has 1 atom stereocenters. The van der Waals surface area contributed by atoms with E-state index in [0.29, 0.717) is 0 Å². The van der Waals surface area contributed by atoms with Crippen LogP contribution in [-0.2, 0) is 24.3 Å². The van der Waals surface area contributed by atoms with Gasteiger partial charge in [0.05, 0.1) is 7.11 Å². The van der Waals surface area contributed by atoms with Gasteiger partial charge in [-0.05, 0) is 18.6 Å². The average molecular weight is 302 g/mol. The van der Waals surface area contributed by atoms with E-state index in [1.54, 1.807) is 0 Å². The summed E-state index contributed by atoms with van der Waals surface area (Å²) in [5.41, 5.74) is 0. The zero-order valence-electron chi connectivity index (χ0n) is 10.6. The van der Waals surface area contributed by atoms with E-state index in [-0.39, 0.29) is 17.7 Å². The molecule has 0 aliphatic heterocycles. The van der Waals surface area contributed by atoms with Crippen molar-refractivity contribution in [2.75, 3.05) is 7.11 Å². The molecule has 0 saturated heterocycles. The zero-order chi connectivity index (χ0) is 15.2. The second-order valence-corrected chi connectivity index (χ2v) is 5.53. The molecular formula is C11H14N2O6S. The van der Waals surface area contributed by atoms with Crippen LogP contribution in [0.3, 0.4) is 0 Å². The number of hydrogen-bond donors (Lipinski definition) is 2. The molecular weight excluding hydrogens is 288 g/mol. The van der Waals surface area contributed by atoms with Gasteiger partial charge in [0.25, 0.3) is 0 Å². The van der Waals surface area contributed by atoms with Crippen LogP contribution in [0.4, 0.5) is 0 Å². The quantitative estimate of drug-likeness (QED) is 0.667. The topological polar surface area (TPSA) is 123 Å². The molecule has 0 bridgehead atoms. The number of aromatic nitrogens is 1. The van der Waals surface area contributed by atoms with Gasteiger partial charge < -0.3 is 9.84 Å². The molecule has 0 amide bonds. The van der Waals surface area contributed by atoms with Crippen molar-refractivity contribution in [2.45, 2.75) is 23.8 Å². The van der Waals surface area contributed by atoms with Crippen molar-refractivity contribution in [2.24, 2.45) is 0 Å². The summed E-state index contributed by atoms with van der Waals surface area (Å²) in [6, 6.07) is 1.28. The first-order valence-electron chi connectivity index (χ1n) is 5.59. The first-order valence-corrected chi connectivity index (χ1v) is 7.07. The normalized spacial score (nSPS) is 12.7. The third-order valence-electron chi connectivity index (χ3n) is 2.41. The van der Waals surface area contributed by atoms with E-state index in [0.717, 1.165) is 13.3 Å². The summed E-state index contributed by atoms with van der Waals surface area (Å²) >= 11 is 0. The maximum Gasteiger partial charge on any atom is 0.321 e. The molecule has 1 rings (SSSR count). The van der Waals surface area contributed by atoms with Crippen LogP contribution in [-0.4, -0.2) is 43.6 Å². The van der Waals surface area contributed by atoms with Gasteiger partial charge >= 0.3 is 11.9 Å². The van der Waals surface area contributed by atoms with Crippen LogP contribution in [0.25, 0.3) is 0 Å². The molecule has 2 N–H and O–H groups in total. The number of methoxy groups -OCH3 is 1. The van der Waals surface area contributed by atoms with Gasteiger partial charge in [0.1, 0.15) is 10.9 Å². The van der Waals surface area contributed by atoms with Crippen molar-refractivity contribution in [3.05, 3.63) is 24.5 Å². The predicted molar refractivity (Wildman–Crippen MR) is 67.2 cm³/mol. The van der Waals surface area contributed by atoms with Crippen LogP contribution < -0.4 is 4.72 Å². The number of pyridine rings is 1. The molecule has 0 unspecified atom stereocenters. The highest BCUT2D eigenvalue weighted by molar-refractivity contribution is 7.89. The Morgan fingerprint density at radius 1 is 1.50 bits per heavy atom. The molecule has 0 aromatic carbocycles. The highest BCUT2D eigenvalue weighted by Crippen LogP contribution is 2.09. The Bertz CT molecular complexity index is 572. The van der Waals surface area contributed by atoms with Crippen molar-refractivity contribution < 1.29 is 27.9 Å². The van der Waals surface area contributed by atoms with Crippen LogP contribution in [0.5, 0.6) is 0 Å². The summed E-state index contributed by atoms with van der Waals surface area (Å²) in [7, 11) is -2.84. The average Bonchev–Trinajstić information content (AvgIpc) is 2.43. The van der Waals surface area contributed by atoms with Gasteiger partial charge in [0.2, 0.25) is 10.0 Å². The Morgan fingerprint density at radius 3 is 2.70 bits per heavy atom. The summed E-state index contributed by atoms with van der Waals surface area (Å²) in [6.07, 6.45) is 2.08. The number of aliphatic carboxylic acids is 1. The number of sulfonamides is 1. The molecule has 0 aliphatic rings. The first kappa shape index (κ1) is 16.1. The lowest BCUT2D eigenvalue weighted by Crippen LogP contribution is -2.41. The van der Waals surface area contributed by atoms with Crippen LogP contribution in [0.15, 0.2) is 29.4 Å². The molecule has 0 radical (unpaired) electrons. The smallest absolute Gasteiger partial charge is 0.321 e. The monoisotopic (exact) mass is 302 g/mol. The maximum absolute atomic E-state index is 11.9. The fourth-order valence-corrected chi connectivity index (χ4v) is 2.55. The third-order valence-corrected chi connectivity index (χ3v) is 3.86. The highest BCUT2D eigenvalue weighted by Gasteiger charge is 2.26. The van der Waals surface area contributed by atoms with Crippen LogP contribution >= 0.6 is 0 Å². The van der Waals surface area contributed by atoms with Gasteiger partial charge in [-0.1, -0.05) is 0 Å². The second kappa shape index (κ2) is 6.96. The third kappa shape index (κ3) is 4.59. The molecule has 9 heteroatoms. The summed E-state index contributed by atoms with van der Waals surface area (Å²) in [5.74, 6) is -1.99. The van der Waals surface area contributed by atoms with Crippen molar-refractivity contribution in [1.82, 2.24) is 9.71 Å². The number of ether oxygens (including phenoxy) is 1. The lowest BCUT2D eigenvalue weighted by atomic mass is 10.2. The van der Waals surface area contributed by atoms with Gasteiger partial charge in [-0.15, -0.1) is 0 Å². The van der Waals surface area contributed by atoms with Gasteiger partial charge in [0, 0.05) is 18.8 Å². The Labute approximate surface area is 115 Å². The van der Waals surface area contributed by atoms with E-state index in [4.69, 9.17) is 5.11 Å². The molecule has 1 aromatic heterocycles. The minimum atomic E-state index is -4.00. The standard InChI is InChI=1S/C11H14N2O6S/c1-19-10(14)5-4-9(11(15)16)13-20(17,18)8-3-2-6-12-7-8/h2-3,6-7,9,13H,4-5H2,1H3,(H,15,16)/t9-/m1/s1. The number of carbonyl (C=O) groups is 2. The fourth-order valence-electron chi connectivity index (χ4n) is 1.36. The molecule has 1 heterocycles. The van der Waals surface area contributed by atoms with Gasteiger partial charge in [0.15, 0.2) is 0 Å². The number of carboxylic acid groups (broad SMARTS) is 1. The molecule has 0 saturated carbocycles. The largest absolute Gasteiger partial charge is 0.480 e. The number of carbonyl (C=O) groups excluding carboxylic acids is 1. The van der Waals surface area contributed by atoms with Crippen molar-refractivity contribution >= 4 is 22.0 Å². The van der Waals surface area contributed by atoms with Crippen molar-refractivity contribution in [1.29, 1.82) is 0 Å². The Morgan fingerprint density at radius 2 is 2.20 bits per heavy atom. The van der Waals surface area contributed by atoms with E-state index >= 15 is 0 Å².